The summed E-state index contributed by atoms with van der Waals surface area (Å²) in [5.74, 6) is -0.812. The van der Waals surface area contributed by atoms with Gasteiger partial charge in [0.25, 0.3) is 0 Å². The highest BCUT2D eigenvalue weighted by Crippen LogP contribution is 2.22. The lowest BCUT2D eigenvalue weighted by Crippen LogP contribution is -2.49. The van der Waals surface area contributed by atoms with E-state index in [0.717, 1.165) is 24.8 Å². The number of carbonyl (C=O) groups is 2. The van der Waals surface area contributed by atoms with E-state index >= 15 is 0 Å². The number of aromatic nitrogens is 2. The number of piperidine rings is 1. The molecule has 0 spiro atoms. The minimum atomic E-state index is -0.812. The molecule has 2 rings (SSSR count). The van der Waals surface area contributed by atoms with Crippen LogP contribution in [0.5, 0.6) is 0 Å². The van der Waals surface area contributed by atoms with Crippen LogP contribution >= 0.6 is 0 Å². The SMILES string of the molecule is CC(NC(=O)N1CCCCC1CCC(=O)O)c1cn[nH]c1. The van der Waals surface area contributed by atoms with Crippen molar-refractivity contribution in [3.05, 3.63) is 18.0 Å². The predicted molar refractivity (Wildman–Crippen MR) is 76.7 cm³/mol. The molecule has 0 saturated carbocycles. The van der Waals surface area contributed by atoms with Crippen LogP contribution in [0.25, 0.3) is 0 Å². The third-order valence-electron chi connectivity index (χ3n) is 3.94. The normalized spacial score (nSPS) is 20.0. The van der Waals surface area contributed by atoms with Crippen molar-refractivity contribution >= 4 is 12.0 Å². The Kier molecular flexibility index (Phi) is 5.19. The predicted octanol–water partition coefficient (Wildman–Crippen LogP) is 1.90. The van der Waals surface area contributed by atoms with E-state index in [0.29, 0.717) is 13.0 Å². The van der Waals surface area contributed by atoms with Crippen LogP contribution in [0, 0.1) is 0 Å². The number of urea groups is 1. The quantitative estimate of drug-likeness (QED) is 0.772. The topological polar surface area (TPSA) is 98.3 Å². The maximum Gasteiger partial charge on any atom is 0.318 e. The Morgan fingerprint density at radius 3 is 3.05 bits per heavy atom. The van der Waals surface area contributed by atoms with Crippen LogP contribution < -0.4 is 5.32 Å². The van der Waals surface area contributed by atoms with Crippen LogP contribution in [0.15, 0.2) is 12.4 Å². The van der Waals surface area contributed by atoms with Gasteiger partial charge in [0.2, 0.25) is 0 Å². The second kappa shape index (κ2) is 7.10. The van der Waals surface area contributed by atoms with Gasteiger partial charge in [0, 0.05) is 30.8 Å². The minimum Gasteiger partial charge on any atom is -0.481 e. The fourth-order valence-electron chi connectivity index (χ4n) is 2.71. The molecule has 2 amide bonds. The molecule has 1 fully saturated rings. The summed E-state index contributed by atoms with van der Waals surface area (Å²) < 4.78 is 0. The third kappa shape index (κ3) is 4.21. The molecule has 0 aromatic carbocycles. The van der Waals surface area contributed by atoms with Crippen molar-refractivity contribution in [1.82, 2.24) is 20.4 Å². The zero-order valence-corrected chi connectivity index (χ0v) is 12.2. The smallest absolute Gasteiger partial charge is 0.318 e. The van der Waals surface area contributed by atoms with Gasteiger partial charge in [0.05, 0.1) is 12.2 Å². The van der Waals surface area contributed by atoms with E-state index in [4.69, 9.17) is 5.11 Å². The Balaban J connectivity index is 1.93. The van der Waals surface area contributed by atoms with Crippen molar-refractivity contribution in [3.63, 3.8) is 0 Å². The minimum absolute atomic E-state index is 0.0198. The summed E-state index contributed by atoms with van der Waals surface area (Å²) in [5, 5.41) is 18.4. The fourth-order valence-corrected chi connectivity index (χ4v) is 2.71. The van der Waals surface area contributed by atoms with Gasteiger partial charge < -0.3 is 15.3 Å². The highest BCUT2D eigenvalue weighted by molar-refractivity contribution is 5.75. The number of carboxylic acids is 1. The first-order valence-corrected chi connectivity index (χ1v) is 7.35. The van der Waals surface area contributed by atoms with E-state index in [2.05, 4.69) is 15.5 Å². The number of aromatic amines is 1. The van der Waals surface area contributed by atoms with Gasteiger partial charge in [-0.05, 0) is 32.6 Å². The number of nitrogens with zero attached hydrogens (tertiary/aromatic N) is 2. The second-order valence-corrected chi connectivity index (χ2v) is 5.48. The first-order chi connectivity index (χ1) is 10.1. The lowest BCUT2D eigenvalue weighted by molar-refractivity contribution is -0.137. The molecule has 0 radical (unpaired) electrons. The summed E-state index contributed by atoms with van der Waals surface area (Å²) in [4.78, 5) is 24.9. The molecule has 0 aliphatic carbocycles. The summed E-state index contributed by atoms with van der Waals surface area (Å²) in [5.41, 5.74) is 0.919. The Bertz CT molecular complexity index is 475. The number of H-pyrrole nitrogens is 1. The van der Waals surface area contributed by atoms with Crippen LogP contribution in [0.2, 0.25) is 0 Å². The number of nitrogens with one attached hydrogen (secondary N) is 2. The van der Waals surface area contributed by atoms with Crippen LogP contribution in [-0.2, 0) is 4.79 Å². The molecule has 7 nitrogen and oxygen atoms in total. The molecule has 2 atom stereocenters. The van der Waals surface area contributed by atoms with Gasteiger partial charge in [-0.2, -0.15) is 5.10 Å². The van der Waals surface area contributed by atoms with Crippen molar-refractivity contribution < 1.29 is 14.7 Å². The van der Waals surface area contributed by atoms with E-state index in [1.807, 2.05) is 6.92 Å². The lowest BCUT2D eigenvalue weighted by Gasteiger charge is -2.36. The number of hydrogen-bond donors (Lipinski definition) is 3. The standard InChI is InChI=1S/C14H22N4O3/c1-10(11-8-15-16-9-11)17-14(21)18-7-3-2-4-12(18)5-6-13(19)20/h8-10,12H,2-7H2,1H3,(H,15,16)(H,17,21)(H,19,20). The van der Waals surface area contributed by atoms with E-state index in [1.165, 1.54) is 0 Å². The van der Waals surface area contributed by atoms with E-state index in [9.17, 15) is 9.59 Å². The monoisotopic (exact) mass is 294 g/mol. The van der Waals surface area contributed by atoms with Crippen LogP contribution in [0.3, 0.4) is 0 Å². The Morgan fingerprint density at radius 2 is 2.38 bits per heavy atom. The first kappa shape index (κ1) is 15.3. The summed E-state index contributed by atoms with van der Waals surface area (Å²) in [6.45, 7) is 2.59. The largest absolute Gasteiger partial charge is 0.481 e. The van der Waals surface area contributed by atoms with Crippen LogP contribution in [0.1, 0.15) is 50.6 Å². The molecule has 2 unspecified atom stereocenters. The van der Waals surface area contributed by atoms with Crippen molar-refractivity contribution in [1.29, 1.82) is 0 Å². The van der Waals surface area contributed by atoms with Gasteiger partial charge in [-0.1, -0.05) is 0 Å². The average Bonchev–Trinajstić information content (AvgIpc) is 2.99. The highest BCUT2D eigenvalue weighted by Gasteiger charge is 2.27. The summed E-state index contributed by atoms with van der Waals surface area (Å²) in [6, 6.07) is -0.233. The Morgan fingerprint density at radius 1 is 1.57 bits per heavy atom. The summed E-state index contributed by atoms with van der Waals surface area (Å²) in [6.07, 6.45) is 6.95. The van der Waals surface area contributed by atoms with E-state index < -0.39 is 5.97 Å². The maximum atomic E-state index is 12.4. The Hall–Kier alpha value is -2.05. The Labute approximate surface area is 123 Å². The number of carboxylic acid groups (broad SMARTS) is 1. The number of amides is 2. The van der Waals surface area contributed by atoms with E-state index in [-0.39, 0.29) is 24.5 Å². The van der Waals surface area contributed by atoms with Crippen LogP contribution in [-0.4, -0.2) is 44.8 Å². The van der Waals surface area contributed by atoms with Crippen LogP contribution in [0.4, 0.5) is 4.79 Å². The van der Waals surface area contributed by atoms with Gasteiger partial charge in [0.15, 0.2) is 0 Å². The third-order valence-corrected chi connectivity index (χ3v) is 3.94. The van der Waals surface area contributed by atoms with E-state index in [1.54, 1.807) is 17.3 Å². The van der Waals surface area contributed by atoms with Gasteiger partial charge in [-0.3, -0.25) is 9.89 Å². The number of aliphatic carboxylic acids is 1. The second-order valence-electron chi connectivity index (χ2n) is 5.48. The number of rotatable bonds is 5. The molecule has 21 heavy (non-hydrogen) atoms. The number of likely N-dealkylation sites (tertiary alicyclic amines) is 1. The molecule has 1 aliphatic rings. The molecule has 116 valence electrons. The fraction of sp³-hybridized carbons (Fsp3) is 0.643. The highest BCUT2D eigenvalue weighted by atomic mass is 16.4. The number of carbonyl (C=O) groups excluding carboxylic acids is 1. The zero-order chi connectivity index (χ0) is 15.2. The molecule has 1 aliphatic heterocycles. The van der Waals surface area contributed by atoms with Crippen molar-refractivity contribution in [3.8, 4) is 0 Å². The molecule has 3 N–H and O–H groups in total. The maximum absolute atomic E-state index is 12.4. The lowest BCUT2D eigenvalue weighted by atomic mass is 9.98. The zero-order valence-electron chi connectivity index (χ0n) is 12.2. The van der Waals surface area contributed by atoms with Crippen molar-refractivity contribution in [2.75, 3.05) is 6.54 Å². The molecule has 1 aromatic rings. The molecule has 1 saturated heterocycles. The van der Waals surface area contributed by atoms with Crippen molar-refractivity contribution in [2.45, 2.75) is 51.1 Å². The number of hydrogen-bond acceptors (Lipinski definition) is 3. The summed E-state index contributed by atoms with van der Waals surface area (Å²) >= 11 is 0. The first-order valence-electron chi connectivity index (χ1n) is 7.35. The average molecular weight is 294 g/mol. The molecule has 2 heterocycles. The molecule has 7 heteroatoms. The summed E-state index contributed by atoms with van der Waals surface area (Å²) in [7, 11) is 0. The van der Waals surface area contributed by atoms with Crippen molar-refractivity contribution in [2.24, 2.45) is 0 Å². The molecular formula is C14H22N4O3. The van der Waals surface area contributed by atoms with Gasteiger partial charge in [0.1, 0.15) is 0 Å². The van der Waals surface area contributed by atoms with Gasteiger partial charge >= 0.3 is 12.0 Å². The molecular weight excluding hydrogens is 272 g/mol. The molecule has 1 aromatic heterocycles. The molecule has 0 bridgehead atoms. The van der Waals surface area contributed by atoms with Gasteiger partial charge in [-0.15, -0.1) is 0 Å². The van der Waals surface area contributed by atoms with Gasteiger partial charge in [-0.25, -0.2) is 4.79 Å².